The third-order valence-electron chi connectivity index (χ3n) is 1.88. The Bertz CT molecular complexity index is 191. The molecule has 1 N–H and O–H groups in total. The summed E-state index contributed by atoms with van der Waals surface area (Å²) >= 11 is 0. The van der Waals surface area contributed by atoms with Crippen LogP contribution in [0.1, 0.15) is 13.8 Å². The second kappa shape index (κ2) is 5.72. The summed E-state index contributed by atoms with van der Waals surface area (Å²) in [4.78, 5) is 16.1. The zero-order chi connectivity index (χ0) is 10.4. The number of nitrogens with zero attached hydrogens (tertiary/aromatic N) is 1. The van der Waals surface area contributed by atoms with Gasteiger partial charge in [0, 0.05) is 7.05 Å². The normalized spacial score (nSPS) is 15.8. The van der Waals surface area contributed by atoms with Crippen LogP contribution in [0.5, 0.6) is 0 Å². The topological polar surface area (TPSA) is 49.8 Å². The van der Waals surface area contributed by atoms with Gasteiger partial charge in [-0.1, -0.05) is 19.1 Å². The number of hydrogen-bond donors (Lipinski definition) is 1. The molecule has 1 amide bonds. The van der Waals surface area contributed by atoms with Crippen LogP contribution in [-0.2, 0) is 9.63 Å². The zero-order valence-corrected chi connectivity index (χ0v) is 8.52. The number of aliphatic hydroxyl groups excluding tert-OH is 1. The summed E-state index contributed by atoms with van der Waals surface area (Å²) < 4.78 is 0. The summed E-state index contributed by atoms with van der Waals surface area (Å²) in [5, 5.41) is 10.6. The van der Waals surface area contributed by atoms with E-state index in [1.165, 1.54) is 14.2 Å². The second-order valence-electron chi connectivity index (χ2n) is 2.82. The van der Waals surface area contributed by atoms with E-state index in [-0.39, 0.29) is 5.91 Å². The molecule has 76 valence electrons. The number of amides is 1. The van der Waals surface area contributed by atoms with E-state index in [0.717, 1.165) is 5.06 Å². The first-order valence-electron chi connectivity index (χ1n) is 4.17. The van der Waals surface area contributed by atoms with Crippen molar-refractivity contribution < 1.29 is 14.7 Å². The van der Waals surface area contributed by atoms with Gasteiger partial charge >= 0.3 is 0 Å². The van der Waals surface area contributed by atoms with Crippen LogP contribution in [0.15, 0.2) is 12.2 Å². The van der Waals surface area contributed by atoms with Crippen molar-refractivity contribution in [1.29, 1.82) is 0 Å². The number of hydroxylamine groups is 2. The highest BCUT2D eigenvalue weighted by Gasteiger charge is 2.22. The second-order valence-corrected chi connectivity index (χ2v) is 2.82. The highest BCUT2D eigenvalue weighted by molar-refractivity contribution is 5.78. The molecule has 0 rings (SSSR count). The van der Waals surface area contributed by atoms with E-state index in [9.17, 15) is 9.90 Å². The van der Waals surface area contributed by atoms with Crippen molar-refractivity contribution in [2.45, 2.75) is 20.0 Å². The summed E-state index contributed by atoms with van der Waals surface area (Å²) in [5.74, 6) is -0.728. The van der Waals surface area contributed by atoms with Gasteiger partial charge in [0.2, 0.25) is 0 Å². The molecule has 0 unspecified atom stereocenters. The molecule has 0 radical (unpaired) electrons. The zero-order valence-electron chi connectivity index (χ0n) is 8.52. The monoisotopic (exact) mass is 187 g/mol. The van der Waals surface area contributed by atoms with Gasteiger partial charge in [-0.2, -0.15) is 0 Å². The Morgan fingerprint density at radius 3 is 2.54 bits per heavy atom. The van der Waals surface area contributed by atoms with Crippen LogP contribution in [0.2, 0.25) is 0 Å². The predicted molar refractivity (Wildman–Crippen MR) is 49.8 cm³/mol. The highest BCUT2D eigenvalue weighted by Crippen LogP contribution is 2.08. The molecule has 0 saturated carbocycles. The third kappa shape index (κ3) is 3.57. The average molecular weight is 187 g/mol. The Kier molecular flexibility index (Phi) is 5.34. The number of allylic oxidation sites excluding steroid dienone is 1. The number of rotatable bonds is 4. The third-order valence-corrected chi connectivity index (χ3v) is 1.88. The molecule has 0 heterocycles. The van der Waals surface area contributed by atoms with E-state index >= 15 is 0 Å². The molecule has 0 saturated heterocycles. The fraction of sp³-hybridized carbons (Fsp3) is 0.667. The van der Waals surface area contributed by atoms with Gasteiger partial charge in [-0.05, 0) is 6.92 Å². The van der Waals surface area contributed by atoms with Gasteiger partial charge in [0.15, 0.2) is 0 Å². The molecule has 2 atom stereocenters. The summed E-state index contributed by atoms with van der Waals surface area (Å²) in [5.41, 5.74) is 0. The van der Waals surface area contributed by atoms with Crippen molar-refractivity contribution in [2.75, 3.05) is 14.2 Å². The van der Waals surface area contributed by atoms with E-state index in [0.29, 0.717) is 0 Å². The molecule has 0 spiro atoms. The molecule has 4 heteroatoms. The van der Waals surface area contributed by atoms with E-state index in [1.54, 1.807) is 26.0 Å². The van der Waals surface area contributed by atoms with Gasteiger partial charge in [0.05, 0.1) is 19.1 Å². The van der Waals surface area contributed by atoms with Gasteiger partial charge in [0.1, 0.15) is 0 Å². The van der Waals surface area contributed by atoms with Crippen molar-refractivity contribution >= 4 is 5.91 Å². The molecule has 0 aliphatic heterocycles. The van der Waals surface area contributed by atoms with Gasteiger partial charge in [-0.25, -0.2) is 5.06 Å². The lowest BCUT2D eigenvalue weighted by atomic mass is 10.0. The Labute approximate surface area is 78.8 Å². The quantitative estimate of drug-likeness (QED) is 0.517. The minimum Gasteiger partial charge on any atom is -0.388 e. The van der Waals surface area contributed by atoms with Gasteiger partial charge < -0.3 is 5.11 Å². The lowest BCUT2D eigenvalue weighted by Crippen LogP contribution is -2.36. The van der Waals surface area contributed by atoms with Gasteiger partial charge in [0.25, 0.3) is 5.91 Å². The lowest BCUT2D eigenvalue weighted by molar-refractivity contribution is -0.175. The molecule has 0 aromatic carbocycles. The molecule has 0 fully saturated rings. The van der Waals surface area contributed by atoms with E-state index in [1.807, 2.05) is 0 Å². The SMILES string of the molecule is CC=C[C@@H](O)[C@H](C)C(=O)N(C)OC. The minimum absolute atomic E-state index is 0.242. The van der Waals surface area contributed by atoms with Crippen LogP contribution in [0, 0.1) is 5.92 Å². The van der Waals surface area contributed by atoms with E-state index < -0.39 is 12.0 Å². The van der Waals surface area contributed by atoms with Crippen LogP contribution in [-0.4, -0.2) is 36.3 Å². The van der Waals surface area contributed by atoms with Crippen molar-refractivity contribution in [1.82, 2.24) is 5.06 Å². The van der Waals surface area contributed by atoms with Crippen molar-refractivity contribution in [3.05, 3.63) is 12.2 Å². The summed E-state index contributed by atoms with van der Waals surface area (Å²) in [6.45, 7) is 3.45. The Balaban J connectivity index is 4.24. The minimum atomic E-state index is -0.755. The molecular formula is C9H17NO3. The van der Waals surface area contributed by atoms with Crippen LogP contribution < -0.4 is 0 Å². The van der Waals surface area contributed by atoms with Crippen molar-refractivity contribution in [3.8, 4) is 0 Å². The molecule has 13 heavy (non-hydrogen) atoms. The summed E-state index contributed by atoms with van der Waals surface area (Å²) in [6, 6.07) is 0. The maximum atomic E-state index is 11.4. The van der Waals surface area contributed by atoms with Gasteiger partial charge in [-0.15, -0.1) is 0 Å². The lowest BCUT2D eigenvalue weighted by Gasteiger charge is -2.20. The fourth-order valence-electron chi connectivity index (χ4n) is 0.887. The first-order chi connectivity index (χ1) is 6.04. The first-order valence-corrected chi connectivity index (χ1v) is 4.17. The van der Waals surface area contributed by atoms with Gasteiger partial charge in [-0.3, -0.25) is 9.63 Å². The molecule has 0 aliphatic rings. The van der Waals surface area contributed by atoms with Crippen molar-refractivity contribution in [2.24, 2.45) is 5.92 Å². The van der Waals surface area contributed by atoms with E-state index in [2.05, 4.69) is 0 Å². The highest BCUT2D eigenvalue weighted by atomic mass is 16.7. The Morgan fingerprint density at radius 1 is 1.62 bits per heavy atom. The number of aliphatic hydroxyl groups is 1. The average Bonchev–Trinajstić information content (AvgIpc) is 2.14. The molecule has 4 nitrogen and oxygen atoms in total. The Morgan fingerprint density at radius 2 is 2.15 bits per heavy atom. The number of carbonyl (C=O) groups is 1. The standard InChI is InChI=1S/C9H17NO3/c1-5-6-8(11)7(2)9(12)10(3)13-4/h5-8,11H,1-4H3/t7-,8+/m0/s1. The first kappa shape index (κ1) is 12.1. The van der Waals surface area contributed by atoms with Crippen LogP contribution >= 0.6 is 0 Å². The van der Waals surface area contributed by atoms with Crippen LogP contribution in [0.25, 0.3) is 0 Å². The molecule has 0 aliphatic carbocycles. The Hall–Kier alpha value is -0.870. The smallest absolute Gasteiger partial charge is 0.251 e. The molecular weight excluding hydrogens is 170 g/mol. The predicted octanol–water partition coefficient (Wildman–Crippen LogP) is 0.579. The molecule has 0 aromatic rings. The largest absolute Gasteiger partial charge is 0.388 e. The van der Waals surface area contributed by atoms with Crippen LogP contribution in [0.4, 0.5) is 0 Å². The summed E-state index contributed by atoms with van der Waals surface area (Å²) in [7, 11) is 2.92. The maximum absolute atomic E-state index is 11.4. The van der Waals surface area contributed by atoms with Crippen molar-refractivity contribution in [3.63, 3.8) is 0 Å². The molecule has 0 aromatic heterocycles. The molecule has 0 bridgehead atoms. The number of carbonyl (C=O) groups excluding carboxylic acids is 1. The summed E-state index contributed by atoms with van der Waals surface area (Å²) in [6.07, 6.45) is 2.53. The van der Waals surface area contributed by atoms with Crippen LogP contribution in [0.3, 0.4) is 0 Å². The van der Waals surface area contributed by atoms with E-state index in [4.69, 9.17) is 4.84 Å². The fourth-order valence-corrected chi connectivity index (χ4v) is 0.887. The maximum Gasteiger partial charge on any atom is 0.251 e. The number of hydrogen-bond acceptors (Lipinski definition) is 3.